The van der Waals surface area contributed by atoms with Crippen molar-refractivity contribution in [3.05, 3.63) is 66.9 Å². The zero-order valence-corrected chi connectivity index (χ0v) is 9.30. The number of hydrogen-bond acceptors (Lipinski definition) is 1. The third kappa shape index (κ3) is 1.85. The third-order valence-corrected chi connectivity index (χ3v) is 2.80. The summed E-state index contributed by atoms with van der Waals surface area (Å²) < 4.78 is 0. The summed E-state index contributed by atoms with van der Waals surface area (Å²) in [6.45, 7) is 0. The van der Waals surface area contributed by atoms with Crippen LogP contribution in [-0.4, -0.2) is 10.2 Å². The van der Waals surface area contributed by atoms with Gasteiger partial charge in [0.2, 0.25) is 0 Å². The highest BCUT2D eigenvalue weighted by atomic mass is 15.1. The summed E-state index contributed by atoms with van der Waals surface area (Å²) in [6.07, 6.45) is 1.76. The summed E-state index contributed by atoms with van der Waals surface area (Å²) in [6, 6.07) is 20.6. The molecule has 3 aromatic rings. The Labute approximate surface area is 99.2 Å². The summed E-state index contributed by atoms with van der Waals surface area (Å²) in [4.78, 5) is 0. The van der Waals surface area contributed by atoms with E-state index in [4.69, 9.17) is 0 Å². The van der Waals surface area contributed by atoms with Crippen molar-refractivity contribution >= 4 is 21.7 Å². The van der Waals surface area contributed by atoms with Crippen LogP contribution in [0, 0.1) is 0 Å². The van der Waals surface area contributed by atoms with Gasteiger partial charge in [-0.05, 0) is 22.9 Å². The van der Waals surface area contributed by atoms with E-state index in [0.717, 1.165) is 5.52 Å². The second-order valence-electron chi connectivity index (χ2n) is 3.88. The lowest BCUT2D eigenvalue weighted by atomic mass is 10.1. The predicted molar refractivity (Wildman–Crippen MR) is 71.2 cm³/mol. The maximum atomic E-state index is 4.15. The fourth-order valence-electron chi connectivity index (χ4n) is 2.00. The topological polar surface area (TPSA) is 28.7 Å². The molecule has 0 bridgehead atoms. The minimum Gasteiger partial charge on any atom is -0.278 e. The molecule has 0 fully saturated rings. The van der Waals surface area contributed by atoms with Gasteiger partial charge >= 0.3 is 0 Å². The van der Waals surface area contributed by atoms with E-state index in [0.29, 0.717) is 0 Å². The summed E-state index contributed by atoms with van der Waals surface area (Å²) in [5.74, 6) is 0. The molecule has 2 aromatic carbocycles. The van der Waals surface area contributed by atoms with E-state index >= 15 is 0 Å². The lowest BCUT2D eigenvalue weighted by Gasteiger charge is -1.97. The van der Waals surface area contributed by atoms with E-state index in [1.165, 1.54) is 16.2 Å². The Kier molecular flexibility index (Phi) is 2.47. The Hall–Kier alpha value is -2.35. The monoisotopic (exact) mass is 220 g/mol. The van der Waals surface area contributed by atoms with E-state index in [1.807, 2.05) is 30.3 Å². The summed E-state index contributed by atoms with van der Waals surface area (Å²) in [7, 11) is 0. The molecule has 1 heterocycles. The number of para-hydroxylation sites is 1. The van der Waals surface area contributed by atoms with E-state index in [9.17, 15) is 0 Å². The molecule has 0 unspecified atom stereocenters. The van der Waals surface area contributed by atoms with Crippen molar-refractivity contribution in [3.63, 3.8) is 0 Å². The van der Waals surface area contributed by atoms with Crippen molar-refractivity contribution in [1.29, 1.82) is 0 Å². The second-order valence-corrected chi connectivity index (χ2v) is 3.88. The van der Waals surface area contributed by atoms with Gasteiger partial charge in [-0.15, -0.1) is 0 Å². The molecule has 1 N–H and O–H groups in total. The van der Waals surface area contributed by atoms with Crippen LogP contribution in [0.25, 0.3) is 21.7 Å². The molecular weight excluding hydrogens is 208 g/mol. The quantitative estimate of drug-likeness (QED) is 0.612. The zero-order chi connectivity index (χ0) is 11.5. The Morgan fingerprint density at radius 3 is 2.35 bits per heavy atom. The molecule has 2 nitrogen and oxygen atoms in total. The molecule has 0 spiro atoms. The molecule has 0 amide bonds. The lowest BCUT2D eigenvalue weighted by Crippen LogP contribution is -1.76. The Morgan fingerprint density at radius 2 is 1.41 bits per heavy atom. The van der Waals surface area contributed by atoms with E-state index in [2.05, 4.69) is 40.5 Å². The molecule has 0 saturated heterocycles. The van der Waals surface area contributed by atoms with Crippen LogP contribution in [0.4, 0.5) is 0 Å². The van der Waals surface area contributed by atoms with Gasteiger partial charge in [0, 0.05) is 11.6 Å². The van der Waals surface area contributed by atoms with Gasteiger partial charge in [0.1, 0.15) is 0 Å². The molecule has 0 saturated carbocycles. The van der Waals surface area contributed by atoms with Gasteiger partial charge in [0.15, 0.2) is 0 Å². The van der Waals surface area contributed by atoms with Gasteiger partial charge in [-0.25, -0.2) is 0 Å². The smallest absolute Gasteiger partial charge is 0.0640 e. The van der Waals surface area contributed by atoms with E-state index in [1.54, 1.807) is 6.20 Å². The highest BCUT2D eigenvalue weighted by Crippen LogP contribution is 2.20. The van der Waals surface area contributed by atoms with Crippen LogP contribution in [0.1, 0.15) is 0 Å². The maximum Gasteiger partial charge on any atom is 0.0640 e. The molecule has 2 heteroatoms. The van der Waals surface area contributed by atoms with Crippen molar-refractivity contribution in [2.75, 3.05) is 0 Å². The number of nitrogens with zero attached hydrogens (tertiary/aromatic N) is 1. The summed E-state index contributed by atoms with van der Waals surface area (Å²) in [5, 5.41) is 10.8. The van der Waals surface area contributed by atoms with Crippen LogP contribution in [0.15, 0.2) is 66.9 Å². The minimum atomic E-state index is 1.03. The first-order chi connectivity index (χ1) is 8.45. The second kappa shape index (κ2) is 4.26. The van der Waals surface area contributed by atoms with Crippen molar-refractivity contribution in [2.45, 2.75) is 0 Å². The van der Waals surface area contributed by atoms with E-state index in [-0.39, 0.29) is 0 Å². The van der Waals surface area contributed by atoms with Gasteiger partial charge in [-0.2, -0.15) is 5.10 Å². The Balaban J connectivity index is 2.63. The van der Waals surface area contributed by atoms with Crippen LogP contribution in [0.2, 0.25) is 0 Å². The van der Waals surface area contributed by atoms with Gasteiger partial charge in [-0.1, -0.05) is 48.5 Å². The van der Waals surface area contributed by atoms with Crippen LogP contribution in [0.3, 0.4) is 0 Å². The molecule has 0 aliphatic carbocycles. The lowest BCUT2D eigenvalue weighted by molar-refractivity contribution is 1.09. The molecule has 1 aromatic heterocycles. The summed E-state index contributed by atoms with van der Waals surface area (Å²) >= 11 is 0. The molecule has 3 rings (SSSR count). The molecule has 0 aliphatic heterocycles. The van der Waals surface area contributed by atoms with Crippen LogP contribution < -0.4 is 0 Å². The fraction of sp³-hybridized carbons (Fsp3) is 0. The minimum absolute atomic E-state index is 1.03. The van der Waals surface area contributed by atoms with Gasteiger partial charge in [0.05, 0.1) is 5.52 Å². The molecule has 0 atom stereocenters. The molecule has 82 valence electrons. The predicted octanol–water partition coefficient (Wildman–Crippen LogP) is 3.84. The van der Waals surface area contributed by atoms with Gasteiger partial charge < -0.3 is 0 Å². The van der Waals surface area contributed by atoms with Crippen molar-refractivity contribution in [3.8, 4) is 0 Å². The average Bonchev–Trinajstić information content (AvgIpc) is 2.47. The molecular formula is C15H12N2. The van der Waals surface area contributed by atoms with Gasteiger partial charge in [-0.3, -0.25) is 5.10 Å². The highest BCUT2D eigenvalue weighted by Gasteiger charge is 1.95. The average molecular weight is 220 g/mol. The van der Waals surface area contributed by atoms with Crippen molar-refractivity contribution < 1.29 is 0 Å². The normalized spacial score (nSPS) is 10.4. The molecule has 0 aliphatic rings. The number of fused-ring (bicyclic) bond motifs is 3. The van der Waals surface area contributed by atoms with Crippen LogP contribution in [0.5, 0.6) is 0 Å². The van der Waals surface area contributed by atoms with Crippen LogP contribution in [-0.2, 0) is 0 Å². The zero-order valence-electron chi connectivity index (χ0n) is 9.30. The van der Waals surface area contributed by atoms with Crippen LogP contribution >= 0.6 is 0 Å². The number of rotatable bonds is 0. The number of hydrogen-bond donors (Lipinski definition) is 1. The Morgan fingerprint density at radius 1 is 0.706 bits per heavy atom. The number of benzene rings is 2. The standard InChI is InChI=1S/C15H12N2/c1-2-8-13-12(6-1)7-5-11-16-17-15-10-4-3-9-14(13)15/h1-11,17H. The van der Waals surface area contributed by atoms with Gasteiger partial charge in [0.25, 0.3) is 0 Å². The fourth-order valence-corrected chi connectivity index (χ4v) is 2.00. The molecule has 17 heavy (non-hydrogen) atoms. The molecule has 0 radical (unpaired) electrons. The largest absolute Gasteiger partial charge is 0.278 e. The van der Waals surface area contributed by atoms with Crippen molar-refractivity contribution in [1.82, 2.24) is 10.2 Å². The summed E-state index contributed by atoms with van der Waals surface area (Å²) in [5.41, 5.74) is 1.03. The number of H-pyrrole nitrogens is 1. The third-order valence-electron chi connectivity index (χ3n) is 2.80. The first kappa shape index (κ1) is 9.85. The number of aromatic nitrogens is 2. The first-order valence-corrected chi connectivity index (χ1v) is 5.59. The number of aromatic amines is 1. The Bertz CT molecular complexity index is 651. The van der Waals surface area contributed by atoms with E-state index < -0.39 is 0 Å². The maximum absolute atomic E-state index is 4.15. The number of nitrogens with one attached hydrogen (secondary N) is 1. The first-order valence-electron chi connectivity index (χ1n) is 5.59. The SMILES string of the molecule is c1ccc2c(c1)cccn[nH]c1ccccc12. The highest BCUT2D eigenvalue weighted by molar-refractivity contribution is 6.03. The van der Waals surface area contributed by atoms with Crippen molar-refractivity contribution in [2.24, 2.45) is 0 Å².